The highest BCUT2D eigenvalue weighted by molar-refractivity contribution is 6.33. The third-order valence-electron chi connectivity index (χ3n) is 4.48. The Bertz CT molecular complexity index is 985. The molecule has 0 aromatic carbocycles. The monoisotopic (exact) mass is 388 g/mol. The van der Waals surface area contributed by atoms with Crippen LogP contribution in [0.3, 0.4) is 0 Å². The third-order valence-corrected chi connectivity index (χ3v) is 4.76. The largest absolute Gasteiger partial charge is 0.355 e. The molecule has 0 bridgehead atoms. The molecule has 3 aromatic heterocycles. The van der Waals surface area contributed by atoms with Crippen molar-refractivity contribution in [1.29, 1.82) is 0 Å². The fourth-order valence-electron chi connectivity index (χ4n) is 3.20. The van der Waals surface area contributed by atoms with Gasteiger partial charge in [0.2, 0.25) is 0 Å². The maximum atomic E-state index is 13.4. The number of pyridine rings is 2. The molecule has 9 heteroatoms. The first-order valence-corrected chi connectivity index (χ1v) is 9.09. The molecule has 0 atom stereocenters. The normalized spacial score (nSPS) is 14.4. The number of fused-ring (bicyclic) bond motifs is 1. The number of hydrogen-bond donors (Lipinski definition) is 3. The van der Waals surface area contributed by atoms with Crippen LogP contribution in [0, 0.1) is 5.82 Å². The SMILES string of the molecule is O=C(Nc1cnc(N2CCCCC2)c(Cl)c1)Nc1c[nH]c2ncc(F)cc12. The third kappa shape index (κ3) is 3.80. The summed E-state index contributed by atoms with van der Waals surface area (Å²) in [6, 6.07) is 2.50. The fourth-order valence-corrected chi connectivity index (χ4v) is 3.49. The first kappa shape index (κ1) is 17.5. The summed E-state index contributed by atoms with van der Waals surface area (Å²) in [5, 5.41) is 6.34. The minimum Gasteiger partial charge on any atom is -0.355 e. The van der Waals surface area contributed by atoms with E-state index in [1.165, 1.54) is 12.5 Å². The van der Waals surface area contributed by atoms with E-state index in [-0.39, 0.29) is 0 Å². The van der Waals surface area contributed by atoms with Crippen LogP contribution >= 0.6 is 11.6 Å². The summed E-state index contributed by atoms with van der Waals surface area (Å²) in [5.74, 6) is 0.260. The van der Waals surface area contributed by atoms with Crippen molar-refractivity contribution in [2.24, 2.45) is 0 Å². The molecule has 140 valence electrons. The second-order valence-corrected chi connectivity index (χ2v) is 6.82. The molecular weight excluding hydrogens is 371 g/mol. The number of halogens is 2. The van der Waals surface area contributed by atoms with Crippen LogP contribution < -0.4 is 15.5 Å². The average molecular weight is 389 g/mol. The molecular formula is C18H18ClFN6O. The molecule has 4 heterocycles. The molecule has 0 radical (unpaired) electrons. The van der Waals surface area contributed by atoms with E-state index in [1.54, 1.807) is 18.5 Å². The number of carbonyl (C=O) groups excluding carboxylic acids is 1. The van der Waals surface area contributed by atoms with Gasteiger partial charge in [-0.3, -0.25) is 0 Å². The lowest BCUT2D eigenvalue weighted by Crippen LogP contribution is -2.30. The van der Waals surface area contributed by atoms with Gasteiger partial charge in [-0.1, -0.05) is 11.6 Å². The Kier molecular flexibility index (Phi) is 4.81. The van der Waals surface area contributed by atoms with Crippen LogP contribution in [0.2, 0.25) is 5.02 Å². The lowest BCUT2D eigenvalue weighted by Gasteiger charge is -2.28. The van der Waals surface area contributed by atoms with E-state index in [0.717, 1.165) is 37.9 Å². The van der Waals surface area contributed by atoms with Crippen molar-refractivity contribution in [1.82, 2.24) is 15.0 Å². The summed E-state index contributed by atoms with van der Waals surface area (Å²) < 4.78 is 13.4. The first-order chi connectivity index (χ1) is 13.1. The van der Waals surface area contributed by atoms with Gasteiger partial charge in [0.1, 0.15) is 17.3 Å². The van der Waals surface area contributed by atoms with E-state index < -0.39 is 11.8 Å². The molecule has 1 fully saturated rings. The minimum atomic E-state index is -0.483. The van der Waals surface area contributed by atoms with Crippen molar-refractivity contribution in [3.05, 3.63) is 41.6 Å². The van der Waals surface area contributed by atoms with E-state index in [0.29, 0.717) is 27.4 Å². The number of nitrogens with zero attached hydrogens (tertiary/aromatic N) is 3. The summed E-state index contributed by atoms with van der Waals surface area (Å²) in [5.41, 5.74) is 1.39. The molecule has 0 aliphatic carbocycles. The maximum Gasteiger partial charge on any atom is 0.323 e. The number of aromatic nitrogens is 3. The lowest BCUT2D eigenvalue weighted by atomic mass is 10.1. The van der Waals surface area contributed by atoms with Crippen molar-refractivity contribution >= 4 is 45.9 Å². The van der Waals surface area contributed by atoms with Crippen molar-refractivity contribution < 1.29 is 9.18 Å². The molecule has 1 saturated heterocycles. The van der Waals surface area contributed by atoms with E-state index in [4.69, 9.17) is 11.6 Å². The predicted molar refractivity (Wildman–Crippen MR) is 104 cm³/mol. The van der Waals surface area contributed by atoms with Gasteiger partial charge in [-0.2, -0.15) is 0 Å². The van der Waals surface area contributed by atoms with Gasteiger partial charge in [0, 0.05) is 24.7 Å². The molecule has 3 aromatic rings. The van der Waals surface area contributed by atoms with Crippen molar-refractivity contribution in [2.45, 2.75) is 19.3 Å². The second-order valence-electron chi connectivity index (χ2n) is 6.41. The van der Waals surface area contributed by atoms with Gasteiger partial charge in [-0.15, -0.1) is 0 Å². The van der Waals surface area contributed by atoms with Gasteiger partial charge in [0.05, 0.1) is 28.8 Å². The van der Waals surface area contributed by atoms with Crippen LogP contribution in [0.1, 0.15) is 19.3 Å². The molecule has 1 aliphatic rings. The average Bonchev–Trinajstić information content (AvgIpc) is 3.04. The van der Waals surface area contributed by atoms with Crippen molar-refractivity contribution in [2.75, 3.05) is 28.6 Å². The number of rotatable bonds is 3. The summed E-state index contributed by atoms with van der Waals surface area (Å²) >= 11 is 6.35. The number of carbonyl (C=O) groups is 1. The van der Waals surface area contributed by atoms with Gasteiger partial charge in [-0.25, -0.2) is 19.2 Å². The number of anilines is 3. The van der Waals surface area contributed by atoms with Crippen LogP contribution in [-0.4, -0.2) is 34.1 Å². The number of nitrogens with one attached hydrogen (secondary N) is 3. The zero-order valence-electron chi connectivity index (χ0n) is 14.4. The summed E-state index contributed by atoms with van der Waals surface area (Å²) in [7, 11) is 0. The zero-order chi connectivity index (χ0) is 18.8. The Hall–Kier alpha value is -2.87. The molecule has 27 heavy (non-hydrogen) atoms. The minimum absolute atomic E-state index is 0.429. The summed E-state index contributed by atoms with van der Waals surface area (Å²) in [6.45, 7) is 1.87. The smallest absolute Gasteiger partial charge is 0.323 e. The van der Waals surface area contributed by atoms with Gasteiger partial charge >= 0.3 is 6.03 Å². The quantitative estimate of drug-likeness (QED) is 0.621. The van der Waals surface area contributed by atoms with Crippen LogP contribution in [0.25, 0.3) is 11.0 Å². The standard InChI is InChI=1S/C18H18ClFN6O/c19-14-7-12(9-23-17(14)26-4-2-1-3-5-26)24-18(27)25-15-10-22-16-13(15)6-11(20)8-21-16/h6-10H,1-5H2,(H,21,22)(H2,24,25,27). The molecule has 2 amide bonds. The van der Waals surface area contributed by atoms with Gasteiger partial charge in [0.15, 0.2) is 0 Å². The predicted octanol–water partition coefficient (Wildman–Crippen LogP) is 4.38. The van der Waals surface area contributed by atoms with Gasteiger partial charge in [-0.05, 0) is 31.4 Å². The van der Waals surface area contributed by atoms with Crippen LogP contribution in [-0.2, 0) is 0 Å². The molecule has 0 unspecified atom stereocenters. The highest BCUT2D eigenvalue weighted by Gasteiger charge is 2.16. The Morgan fingerprint density at radius 3 is 2.74 bits per heavy atom. The van der Waals surface area contributed by atoms with Crippen molar-refractivity contribution in [3.8, 4) is 0 Å². The molecule has 7 nitrogen and oxygen atoms in total. The van der Waals surface area contributed by atoms with E-state index in [9.17, 15) is 9.18 Å². The van der Waals surface area contributed by atoms with Gasteiger partial charge < -0.3 is 20.5 Å². The molecule has 0 spiro atoms. The first-order valence-electron chi connectivity index (χ1n) is 8.71. The number of urea groups is 1. The molecule has 3 N–H and O–H groups in total. The van der Waals surface area contributed by atoms with E-state index in [2.05, 4.69) is 30.5 Å². The maximum absolute atomic E-state index is 13.4. The van der Waals surface area contributed by atoms with Crippen molar-refractivity contribution in [3.63, 3.8) is 0 Å². The second kappa shape index (κ2) is 7.40. The van der Waals surface area contributed by atoms with E-state index in [1.807, 2.05) is 0 Å². The summed E-state index contributed by atoms with van der Waals surface area (Å²) in [6.07, 6.45) is 7.72. The number of piperidine rings is 1. The van der Waals surface area contributed by atoms with Crippen LogP contribution in [0.4, 0.5) is 26.4 Å². The highest BCUT2D eigenvalue weighted by atomic mass is 35.5. The molecule has 4 rings (SSSR count). The Morgan fingerprint density at radius 2 is 1.96 bits per heavy atom. The Labute approximate surface area is 159 Å². The fraction of sp³-hybridized carbons (Fsp3) is 0.278. The molecule has 1 aliphatic heterocycles. The zero-order valence-corrected chi connectivity index (χ0v) is 15.2. The van der Waals surface area contributed by atoms with Gasteiger partial charge in [0.25, 0.3) is 0 Å². The number of aromatic amines is 1. The van der Waals surface area contributed by atoms with Crippen LogP contribution in [0.5, 0.6) is 0 Å². The number of hydrogen-bond acceptors (Lipinski definition) is 4. The van der Waals surface area contributed by atoms with Crippen LogP contribution in [0.15, 0.2) is 30.7 Å². The lowest BCUT2D eigenvalue weighted by molar-refractivity contribution is 0.262. The Morgan fingerprint density at radius 1 is 1.15 bits per heavy atom. The number of amides is 2. The topological polar surface area (TPSA) is 85.9 Å². The highest BCUT2D eigenvalue weighted by Crippen LogP contribution is 2.28. The Balaban J connectivity index is 1.46. The number of H-pyrrole nitrogens is 1. The van der Waals surface area contributed by atoms with E-state index >= 15 is 0 Å². The molecule has 0 saturated carbocycles. The summed E-state index contributed by atoms with van der Waals surface area (Å²) in [4.78, 5) is 25.6.